The summed E-state index contributed by atoms with van der Waals surface area (Å²) < 4.78 is 39.3. The van der Waals surface area contributed by atoms with Gasteiger partial charge in [-0.05, 0) is 80.6 Å². The molecular weight excluding hydrogens is 419 g/mol. The largest absolute Gasteiger partial charge is 0.326 e. The quantitative estimate of drug-likeness (QED) is 0.738. The van der Waals surface area contributed by atoms with Crippen molar-refractivity contribution in [3.63, 3.8) is 0 Å². The number of anilines is 2. The summed E-state index contributed by atoms with van der Waals surface area (Å²) in [5.74, 6) is -0.623. The van der Waals surface area contributed by atoms with Gasteiger partial charge >= 0.3 is 0 Å². The Balaban J connectivity index is 1.46. The number of fused-ring (bicyclic) bond motifs is 1. The Morgan fingerprint density at radius 1 is 1.19 bits per heavy atom. The first-order valence-electron chi connectivity index (χ1n) is 10.4. The van der Waals surface area contributed by atoms with Crippen molar-refractivity contribution in [2.75, 3.05) is 16.8 Å². The molecule has 1 aliphatic carbocycles. The molecule has 1 heterocycles. The molecule has 1 atom stereocenters. The van der Waals surface area contributed by atoms with Crippen LogP contribution >= 0.6 is 0 Å². The molecule has 0 spiro atoms. The van der Waals surface area contributed by atoms with Gasteiger partial charge in [-0.2, -0.15) is 0 Å². The molecule has 31 heavy (non-hydrogen) atoms. The number of aryl methyl sites for hydroxylation is 1. The van der Waals surface area contributed by atoms with Crippen molar-refractivity contribution in [3.05, 3.63) is 53.3 Å². The van der Waals surface area contributed by atoms with E-state index in [1.54, 1.807) is 24.0 Å². The number of carbonyl (C=O) groups excluding carboxylic acids is 2. The van der Waals surface area contributed by atoms with Gasteiger partial charge in [0.15, 0.2) is 9.84 Å². The molecule has 1 aliphatic heterocycles. The summed E-state index contributed by atoms with van der Waals surface area (Å²) in [6.45, 7) is 3.74. The predicted octanol–water partition coefficient (Wildman–Crippen LogP) is 3.62. The Morgan fingerprint density at radius 3 is 2.61 bits per heavy atom. The van der Waals surface area contributed by atoms with E-state index < -0.39 is 26.8 Å². The molecule has 1 saturated carbocycles. The second-order valence-corrected chi connectivity index (χ2v) is 10.7. The third kappa shape index (κ3) is 4.35. The number of hydrogen-bond acceptors (Lipinski definition) is 4. The Bertz CT molecular complexity index is 1160. The summed E-state index contributed by atoms with van der Waals surface area (Å²) in [4.78, 5) is 26.7. The maximum absolute atomic E-state index is 13.2. The van der Waals surface area contributed by atoms with Gasteiger partial charge < -0.3 is 10.2 Å². The normalized spacial score (nSPS) is 16.7. The minimum absolute atomic E-state index is 0.109. The van der Waals surface area contributed by atoms with Crippen LogP contribution in [0.4, 0.5) is 15.8 Å². The Morgan fingerprint density at radius 2 is 1.94 bits per heavy atom. The lowest BCUT2D eigenvalue weighted by Gasteiger charge is -2.18. The van der Waals surface area contributed by atoms with Crippen LogP contribution in [0.15, 0.2) is 41.3 Å². The van der Waals surface area contributed by atoms with Crippen LogP contribution in [-0.4, -0.2) is 32.0 Å². The zero-order chi connectivity index (χ0) is 22.3. The van der Waals surface area contributed by atoms with Crippen molar-refractivity contribution in [3.8, 4) is 0 Å². The molecule has 2 aliphatic rings. The summed E-state index contributed by atoms with van der Waals surface area (Å²) in [6.07, 6.45) is 2.25. The molecule has 4 rings (SSSR count). The number of nitrogens with one attached hydrogen (secondary N) is 1. The lowest BCUT2D eigenvalue weighted by Crippen LogP contribution is -2.30. The highest BCUT2D eigenvalue weighted by molar-refractivity contribution is 7.92. The van der Waals surface area contributed by atoms with Crippen molar-refractivity contribution in [1.82, 2.24) is 0 Å². The van der Waals surface area contributed by atoms with E-state index >= 15 is 0 Å². The van der Waals surface area contributed by atoms with Gasteiger partial charge in [-0.1, -0.05) is 0 Å². The highest BCUT2D eigenvalue weighted by Crippen LogP contribution is 2.37. The highest BCUT2D eigenvalue weighted by Gasteiger charge is 2.37. The number of benzene rings is 2. The third-order valence-electron chi connectivity index (χ3n) is 5.93. The van der Waals surface area contributed by atoms with Crippen LogP contribution in [0.1, 0.15) is 37.3 Å². The molecule has 2 aromatic carbocycles. The lowest BCUT2D eigenvalue weighted by atomic mass is 10.2. The van der Waals surface area contributed by atoms with Crippen molar-refractivity contribution in [2.24, 2.45) is 5.92 Å². The third-order valence-corrected chi connectivity index (χ3v) is 8.07. The van der Waals surface area contributed by atoms with Gasteiger partial charge in [0.1, 0.15) is 5.82 Å². The van der Waals surface area contributed by atoms with Gasteiger partial charge in [-0.3, -0.25) is 9.59 Å². The smallest absolute Gasteiger partial charge is 0.230 e. The average Bonchev–Trinajstić information content (AvgIpc) is 3.48. The standard InChI is InChI=1S/C23H25FN2O4S/c1-14-11-18(24)5-7-20(14)25-22(27)12-15(2)31(29,30)19-6-8-21-17(13-19)9-10-26(21)23(28)16-3-4-16/h5-8,11,13,15-16H,3-4,9-10,12H2,1-2H3,(H,25,27)/t15-/m1/s1. The second kappa shape index (κ2) is 8.07. The summed E-state index contributed by atoms with van der Waals surface area (Å²) in [7, 11) is -3.73. The first kappa shape index (κ1) is 21.5. The molecule has 0 saturated heterocycles. The van der Waals surface area contributed by atoms with Crippen LogP contribution in [0.5, 0.6) is 0 Å². The fraction of sp³-hybridized carbons (Fsp3) is 0.391. The summed E-state index contributed by atoms with van der Waals surface area (Å²) in [6, 6.07) is 8.85. The zero-order valence-electron chi connectivity index (χ0n) is 17.5. The van der Waals surface area contributed by atoms with Crippen molar-refractivity contribution >= 4 is 33.0 Å². The van der Waals surface area contributed by atoms with E-state index in [9.17, 15) is 22.4 Å². The van der Waals surface area contributed by atoms with Crippen LogP contribution in [-0.2, 0) is 25.8 Å². The van der Waals surface area contributed by atoms with Gasteiger partial charge in [0.2, 0.25) is 11.8 Å². The van der Waals surface area contributed by atoms with E-state index in [1.165, 1.54) is 31.2 Å². The topological polar surface area (TPSA) is 83.6 Å². The number of sulfone groups is 1. The summed E-state index contributed by atoms with van der Waals surface area (Å²) in [5.41, 5.74) is 2.64. The summed E-state index contributed by atoms with van der Waals surface area (Å²) >= 11 is 0. The highest BCUT2D eigenvalue weighted by atomic mass is 32.2. The second-order valence-electron chi connectivity index (χ2n) is 8.37. The molecule has 2 aromatic rings. The van der Waals surface area contributed by atoms with Crippen LogP contribution in [0.3, 0.4) is 0 Å². The number of rotatable bonds is 6. The molecule has 0 bridgehead atoms. The SMILES string of the molecule is Cc1cc(F)ccc1NC(=O)C[C@@H](C)S(=O)(=O)c1ccc2c(c1)CCN2C(=O)C1CC1. The average molecular weight is 445 g/mol. The van der Waals surface area contributed by atoms with Crippen LogP contribution in [0.2, 0.25) is 0 Å². The van der Waals surface area contributed by atoms with E-state index in [1.807, 2.05) is 0 Å². The molecule has 0 unspecified atom stereocenters. The van der Waals surface area contributed by atoms with Crippen molar-refractivity contribution in [2.45, 2.75) is 49.7 Å². The summed E-state index contributed by atoms with van der Waals surface area (Å²) in [5, 5.41) is 1.72. The van der Waals surface area contributed by atoms with Gasteiger partial charge in [-0.25, -0.2) is 12.8 Å². The first-order valence-corrected chi connectivity index (χ1v) is 12.0. The van der Waals surface area contributed by atoms with E-state index in [0.29, 0.717) is 24.2 Å². The van der Waals surface area contributed by atoms with E-state index in [0.717, 1.165) is 24.1 Å². The van der Waals surface area contributed by atoms with Crippen LogP contribution in [0.25, 0.3) is 0 Å². The van der Waals surface area contributed by atoms with Crippen molar-refractivity contribution in [1.29, 1.82) is 0 Å². The van der Waals surface area contributed by atoms with Gasteiger partial charge in [0.25, 0.3) is 0 Å². The number of carbonyl (C=O) groups is 2. The number of hydrogen-bond donors (Lipinski definition) is 1. The molecule has 0 radical (unpaired) electrons. The molecule has 0 aromatic heterocycles. The molecule has 164 valence electrons. The Kier molecular flexibility index (Phi) is 5.60. The monoisotopic (exact) mass is 444 g/mol. The molecule has 6 nitrogen and oxygen atoms in total. The molecule has 1 N–H and O–H groups in total. The Labute approximate surface area is 181 Å². The lowest BCUT2D eigenvalue weighted by molar-refractivity contribution is -0.119. The van der Waals surface area contributed by atoms with Crippen LogP contribution < -0.4 is 10.2 Å². The zero-order valence-corrected chi connectivity index (χ0v) is 18.3. The first-order chi connectivity index (χ1) is 14.7. The minimum Gasteiger partial charge on any atom is -0.326 e. The van der Waals surface area contributed by atoms with E-state index in [4.69, 9.17) is 0 Å². The van der Waals surface area contributed by atoms with E-state index in [-0.39, 0.29) is 23.1 Å². The van der Waals surface area contributed by atoms with Crippen molar-refractivity contribution < 1.29 is 22.4 Å². The fourth-order valence-corrected chi connectivity index (χ4v) is 5.31. The molecular formula is C23H25FN2O4S. The Hall–Kier alpha value is -2.74. The minimum atomic E-state index is -3.73. The fourth-order valence-electron chi connectivity index (χ4n) is 3.91. The number of halogens is 1. The van der Waals surface area contributed by atoms with E-state index in [2.05, 4.69) is 5.32 Å². The molecule has 2 amide bonds. The van der Waals surface area contributed by atoms with Gasteiger partial charge in [-0.15, -0.1) is 0 Å². The maximum Gasteiger partial charge on any atom is 0.230 e. The maximum atomic E-state index is 13.2. The predicted molar refractivity (Wildman–Crippen MR) is 116 cm³/mol. The molecule has 8 heteroatoms. The van der Waals surface area contributed by atoms with Gasteiger partial charge in [0.05, 0.1) is 10.1 Å². The number of amides is 2. The molecule has 1 fully saturated rings. The van der Waals surface area contributed by atoms with Crippen LogP contribution in [0, 0.1) is 18.7 Å². The van der Waals surface area contributed by atoms with Gasteiger partial charge in [0, 0.05) is 30.3 Å². The number of nitrogens with zero attached hydrogens (tertiary/aromatic N) is 1.